The van der Waals surface area contributed by atoms with Crippen molar-refractivity contribution < 1.29 is 23.0 Å². The number of halogens is 2. The van der Waals surface area contributed by atoms with Crippen LogP contribution >= 0.6 is 0 Å². The summed E-state index contributed by atoms with van der Waals surface area (Å²) in [6.45, 7) is 1.75. The number of pyridine rings is 1. The number of aromatic nitrogens is 1. The van der Waals surface area contributed by atoms with Crippen molar-refractivity contribution in [3.8, 4) is 5.75 Å². The summed E-state index contributed by atoms with van der Waals surface area (Å²) < 4.78 is 34.8. The molecule has 0 fully saturated rings. The van der Waals surface area contributed by atoms with Gasteiger partial charge < -0.3 is 14.5 Å². The van der Waals surface area contributed by atoms with E-state index in [2.05, 4.69) is 9.72 Å². The number of rotatable bonds is 5. The van der Waals surface area contributed by atoms with Gasteiger partial charge in [-0.2, -0.15) is 0 Å². The van der Waals surface area contributed by atoms with Gasteiger partial charge in [0, 0.05) is 6.20 Å². The van der Waals surface area contributed by atoms with Gasteiger partial charge in [-0.25, -0.2) is 8.78 Å². The average molecular weight is 261 g/mol. The molecule has 1 heterocycles. The van der Waals surface area contributed by atoms with Crippen molar-refractivity contribution in [3.05, 3.63) is 27.7 Å². The maximum atomic E-state index is 12.7. The highest BCUT2D eigenvalue weighted by atomic mass is 19.3. The number of hydrogen-bond acceptors (Lipinski definition) is 4. The minimum atomic E-state index is -2.81. The number of methoxy groups -OCH3 is 1. The van der Waals surface area contributed by atoms with Gasteiger partial charge in [0.05, 0.1) is 31.3 Å². The Labute approximate surface area is 102 Å². The van der Waals surface area contributed by atoms with Crippen molar-refractivity contribution >= 4 is 5.97 Å². The second-order valence-corrected chi connectivity index (χ2v) is 3.37. The van der Waals surface area contributed by atoms with Crippen LogP contribution in [0.3, 0.4) is 0 Å². The van der Waals surface area contributed by atoms with Crippen molar-refractivity contribution in [1.29, 1.82) is 0 Å². The van der Waals surface area contributed by atoms with E-state index in [0.717, 1.165) is 13.3 Å². The quantitative estimate of drug-likeness (QED) is 0.814. The van der Waals surface area contributed by atoms with Crippen LogP contribution in [0.5, 0.6) is 5.75 Å². The fourth-order valence-corrected chi connectivity index (χ4v) is 1.49. The minimum absolute atomic E-state index is 0.146. The maximum absolute atomic E-state index is 12.7. The van der Waals surface area contributed by atoms with Crippen LogP contribution in [0, 0.1) is 0 Å². The molecular weight excluding hydrogens is 248 g/mol. The Hall–Kier alpha value is -1.92. The zero-order chi connectivity index (χ0) is 13.7. The Morgan fingerprint density at radius 3 is 2.67 bits per heavy atom. The summed E-state index contributed by atoms with van der Waals surface area (Å²) in [5.41, 5.74) is -1.27. The van der Waals surface area contributed by atoms with Crippen LogP contribution in [0.4, 0.5) is 8.78 Å². The van der Waals surface area contributed by atoms with Gasteiger partial charge in [-0.1, -0.05) is 0 Å². The van der Waals surface area contributed by atoms with Crippen LogP contribution in [-0.4, -0.2) is 24.7 Å². The third-order valence-electron chi connectivity index (χ3n) is 2.23. The second kappa shape index (κ2) is 6.13. The molecule has 0 atom stereocenters. The lowest BCUT2D eigenvalue weighted by Gasteiger charge is -2.11. The Balaban J connectivity index is 3.20. The molecule has 0 spiro atoms. The summed E-state index contributed by atoms with van der Waals surface area (Å²) in [6, 6.07) is 0. The van der Waals surface area contributed by atoms with Crippen LogP contribution < -0.4 is 10.3 Å². The average Bonchev–Trinajstić information content (AvgIpc) is 2.31. The second-order valence-electron chi connectivity index (χ2n) is 3.37. The van der Waals surface area contributed by atoms with Gasteiger partial charge in [0.2, 0.25) is 0 Å². The van der Waals surface area contributed by atoms with E-state index in [4.69, 9.17) is 4.74 Å². The molecule has 1 N–H and O–H groups in total. The van der Waals surface area contributed by atoms with Gasteiger partial charge in [0.25, 0.3) is 12.0 Å². The lowest BCUT2D eigenvalue weighted by Crippen LogP contribution is -2.20. The number of alkyl halides is 2. The van der Waals surface area contributed by atoms with Crippen molar-refractivity contribution in [2.24, 2.45) is 0 Å². The fourth-order valence-electron chi connectivity index (χ4n) is 1.49. The van der Waals surface area contributed by atoms with Gasteiger partial charge in [-0.05, 0) is 6.92 Å². The summed E-state index contributed by atoms with van der Waals surface area (Å²) in [5.74, 6) is -0.950. The maximum Gasteiger partial charge on any atom is 0.310 e. The Morgan fingerprint density at radius 1 is 1.50 bits per heavy atom. The number of H-pyrrole nitrogens is 1. The van der Waals surface area contributed by atoms with Crippen molar-refractivity contribution in [3.63, 3.8) is 0 Å². The monoisotopic (exact) mass is 261 g/mol. The molecule has 1 aromatic rings. The molecule has 0 saturated carbocycles. The molecule has 0 radical (unpaired) electrons. The molecule has 0 aliphatic rings. The van der Waals surface area contributed by atoms with E-state index in [1.165, 1.54) is 0 Å². The summed E-state index contributed by atoms with van der Waals surface area (Å²) >= 11 is 0. The molecule has 0 amide bonds. The lowest BCUT2D eigenvalue weighted by atomic mass is 10.1. The molecule has 0 unspecified atom stereocenters. The Morgan fingerprint density at radius 2 is 2.17 bits per heavy atom. The van der Waals surface area contributed by atoms with Crippen LogP contribution in [0.2, 0.25) is 0 Å². The van der Waals surface area contributed by atoms with Gasteiger partial charge in [-0.15, -0.1) is 0 Å². The van der Waals surface area contributed by atoms with E-state index < -0.39 is 29.9 Å². The number of carbonyl (C=O) groups is 1. The smallest absolute Gasteiger partial charge is 0.310 e. The predicted molar refractivity (Wildman–Crippen MR) is 58.9 cm³/mol. The van der Waals surface area contributed by atoms with Crippen molar-refractivity contribution in [2.45, 2.75) is 19.8 Å². The molecule has 0 aliphatic heterocycles. The number of hydrogen-bond donors (Lipinski definition) is 1. The molecule has 100 valence electrons. The molecule has 7 heteroatoms. The van der Waals surface area contributed by atoms with Crippen LogP contribution in [0.1, 0.15) is 24.5 Å². The first-order valence-corrected chi connectivity index (χ1v) is 5.23. The van der Waals surface area contributed by atoms with Crippen LogP contribution in [0.15, 0.2) is 11.0 Å². The van der Waals surface area contributed by atoms with Crippen molar-refractivity contribution in [1.82, 2.24) is 4.98 Å². The van der Waals surface area contributed by atoms with E-state index in [-0.39, 0.29) is 17.9 Å². The van der Waals surface area contributed by atoms with Crippen LogP contribution in [-0.2, 0) is 16.0 Å². The number of ether oxygens (including phenoxy) is 2. The molecular formula is C11H13F2NO4. The molecule has 0 aliphatic carbocycles. The Bertz CT molecular complexity index is 484. The summed E-state index contributed by atoms with van der Waals surface area (Å²) in [7, 11) is 1.16. The van der Waals surface area contributed by atoms with Gasteiger partial charge in [-0.3, -0.25) is 9.59 Å². The SMILES string of the molecule is CCOC(=O)Cc1c(OC)c(C(F)F)c[nH]c1=O. The van der Waals surface area contributed by atoms with Gasteiger partial charge >= 0.3 is 5.97 Å². The number of aromatic amines is 1. The summed E-state index contributed by atoms with van der Waals surface area (Å²) in [6.07, 6.45) is -2.34. The zero-order valence-electron chi connectivity index (χ0n) is 9.96. The number of esters is 1. The highest BCUT2D eigenvalue weighted by Gasteiger charge is 2.21. The highest BCUT2D eigenvalue weighted by molar-refractivity contribution is 5.73. The lowest BCUT2D eigenvalue weighted by molar-refractivity contribution is -0.142. The fraction of sp³-hybridized carbons (Fsp3) is 0.455. The number of nitrogens with one attached hydrogen (secondary N) is 1. The molecule has 5 nitrogen and oxygen atoms in total. The molecule has 0 bridgehead atoms. The third kappa shape index (κ3) is 3.06. The predicted octanol–water partition coefficient (Wildman–Crippen LogP) is 1.43. The van der Waals surface area contributed by atoms with E-state index in [9.17, 15) is 18.4 Å². The normalized spacial score (nSPS) is 10.5. The Kier molecular flexibility index (Phi) is 4.82. The minimum Gasteiger partial charge on any atom is -0.496 e. The molecule has 0 saturated heterocycles. The highest BCUT2D eigenvalue weighted by Crippen LogP contribution is 2.29. The van der Waals surface area contributed by atoms with Gasteiger partial charge in [0.1, 0.15) is 5.75 Å². The molecule has 1 aromatic heterocycles. The molecule has 0 aromatic carbocycles. The zero-order valence-corrected chi connectivity index (χ0v) is 9.96. The summed E-state index contributed by atoms with van der Waals surface area (Å²) in [5, 5.41) is 0. The van der Waals surface area contributed by atoms with E-state index in [1.807, 2.05) is 0 Å². The third-order valence-corrected chi connectivity index (χ3v) is 2.23. The van der Waals surface area contributed by atoms with E-state index in [0.29, 0.717) is 0 Å². The standard InChI is InChI=1S/C11H13F2NO4/c1-3-18-8(15)4-6-9(17-2)7(10(12)13)5-14-11(6)16/h5,10H,3-4H2,1-2H3,(H,14,16). The number of carbonyl (C=O) groups excluding carboxylic acids is 1. The first-order chi connectivity index (χ1) is 8.51. The first kappa shape index (κ1) is 14.1. The molecule has 18 heavy (non-hydrogen) atoms. The first-order valence-electron chi connectivity index (χ1n) is 5.23. The molecule has 1 rings (SSSR count). The largest absolute Gasteiger partial charge is 0.496 e. The topological polar surface area (TPSA) is 68.4 Å². The van der Waals surface area contributed by atoms with E-state index in [1.54, 1.807) is 6.92 Å². The summed E-state index contributed by atoms with van der Waals surface area (Å²) in [4.78, 5) is 25.0. The van der Waals surface area contributed by atoms with Crippen LogP contribution in [0.25, 0.3) is 0 Å². The van der Waals surface area contributed by atoms with Gasteiger partial charge in [0.15, 0.2) is 0 Å². The van der Waals surface area contributed by atoms with E-state index >= 15 is 0 Å². The van der Waals surface area contributed by atoms with Crippen molar-refractivity contribution in [2.75, 3.05) is 13.7 Å².